The molecule has 29 heavy (non-hydrogen) atoms. The van der Waals surface area contributed by atoms with Crippen LogP contribution in [0.1, 0.15) is 25.6 Å². The largest absolute Gasteiger partial charge is 0.493 e. The summed E-state index contributed by atoms with van der Waals surface area (Å²) in [5.41, 5.74) is 2.28. The van der Waals surface area contributed by atoms with Gasteiger partial charge in [0, 0.05) is 43.4 Å². The van der Waals surface area contributed by atoms with Gasteiger partial charge in [-0.3, -0.25) is 4.79 Å². The summed E-state index contributed by atoms with van der Waals surface area (Å²) in [6.07, 6.45) is 3.54. The molecule has 0 spiro atoms. The standard InChI is InChI=1S/C21H26N4O4/c1-5-11-25-18(24-15-7-6-10-22-21(15)25)8-9-19(26)23-14-12-16(27-2)20(29-4)17(13-14)28-3/h6-7,10,12-13H,5,8-9,11H2,1-4H3,(H,23,26). The summed E-state index contributed by atoms with van der Waals surface area (Å²) in [6, 6.07) is 7.21. The molecule has 1 amide bonds. The number of anilines is 1. The summed E-state index contributed by atoms with van der Waals surface area (Å²) in [5, 5.41) is 2.89. The quantitative estimate of drug-likeness (QED) is 0.594. The van der Waals surface area contributed by atoms with Crippen LogP contribution in [0.3, 0.4) is 0 Å². The van der Waals surface area contributed by atoms with Crippen molar-refractivity contribution >= 4 is 22.8 Å². The van der Waals surface area contributed by atoms with Crippen molar-refractivity contribution in [2.45, 2.75) is 32.7 Å². The van der Waals surface area contributed by atoms with Crippen molar-refractivity contribution in [3.8, 4) is 17.2 Å². The van der Waals surface area contributed by atoms with E-state index in [2.05, 4.69) is 26.8 Å². The molecule has 0 radical (unpaired) electrons. The lowest BCUT2D eigenvalue weighted by molar-refractivity contribution is -0.116. The number of hydrogen-bond donors (Lipinski definition) is 1. The third kappa shape index (κ3) is 4.42. The first kappa shape index (κ1) is 20.4. The molecular weight excluding hydrogens is 372 g/mol. The van der Waals surface area contributed by atoms with Crippen molar-refractivity contribution in [1.82, 2.24) is 14.5 Å². The first-order valence-corrected chi connectivity index (χ1v) is 9.51. The molecule has 0 unspecified atom stereocenters. The number of nitrogens with one attached hydrogen (secondary N) is 1. The van der Waals surface area contributed by atoms with Gasteiger partial charge >= 0.3 is 0 Å². The monoisotopic (exact) mass is 398 g/mol. The summed E-state index contributed by atoms with van der Waals surface area (Å²) in [5.74, 6) is 2.19. The van der Waals surface area contributed by atoms with E-state index in [1.54, 1.807) is 18.3 Å². The van der Waals surface area contributed by atoms with Crippen molar-refractivity contribution < 1.29 is 19.0 Å². The van der Waals surface area contributed by atoms with E-state index in [9.17, 15) is 4.79 Å². The Labute approximate surface area is 169 Å². The van der Waals surface area contributed by atoms with E-state index in [-0.39, 0.29) is 5.91 Å². The minimum absolute atomic E-state index is 0.123. The number of carbonyl (C=O) groups excluding carboxylic acids is 1. The Kier molecular flexibility index (Phi) is 6.54. The van der Waals surface area contributed by atoms with Gasteiger partial charge in [-0.2, -0.15) is 0 Å². The number of nitrogens with zero attached hydrogens (tertiary/aromatic N) is 3. The molecule has 0 atom stereocenters. The maximum Gasteiger partial charge on any atom is 0.224 e. The lowest BCUT2D eigenvalue weighted by Crippen LogP contribution is -2.14. The Bertz CT molecular complexity index is 975. The van der Waals surface area contributed by atoms with Crippen molar-refractivity contribution in [2.24, 2.45) is 0 Å². The van der Waals surface area contributed by atoms with Crippen molar-refractivity contribution in [1.29, 1.82) is 0 Å². The average molecular weight is 398 g/mol. The number of rotatable bonds is 9. The Morgan fingerprint density at radius 3 is 2.48 bits per heavy atom. The van der Waals surface area contributed by atoms with Crippen molar-refractivity contribution in [3.63, 3.8) is 0 Å². The highest BCUT2D eigenvalue weighted by molar-refractivity contribution is 5.91. The van der Waals surface area contributed by atoms with Gasteiger partial charge in [0.2, 0.25) is 11.7 Å². The highest BCUT2D eigenvalue weighted by Gasteiger charge is 2.16. The van der Waals surface area contributed by atoms with Crippen LogP contribution in [0.5, 0.6) is 17.2 Å². The number of aromatic nitrogens is 3. The molecule has 2 aromatic heterocycles. The Hall–Kier alpha value is -3.29. The Morgan fingerprint density at radius 2 is 1.86 bits per heavy atom. The van der Waals surface area contributed by atoms with Crippen LogP contribution in [-0.4, -0.2) is 41.8 Å². The smallest absolute Gasteiger partial charge is 0.224 e. The van der Waals surface area contributed by atoms with E-state index in [0.717, 1.165) is 30.0 Å². The minimum atomic E-state index is -0.123. The fourth-order valence-corrected chi connectivity index (χ4v) is 3.26. The third-order valence-corrected chi connectivity index (χ3v) is 4.55. The second-order valence-corrected chi connectivity index (χ2v) is 6.49. The van der Waals surface area contributed by atoms with Gasteiger partial charge in [-0.25, -0.2) is 9.97 Å². The van der Waals surface area contributed by atoms with Crippen LogP contribution in [0.25, 0.3) is 11.2 Å². The fraction of sp³-hybridized carbons (Fsp3) is 0.381. The molecule has 1 aromatic carbocycles. The van der Waals surface area contributed by atoms with E-state index in [1.165, 1.54) is 21.3 Å². The molecule has 0 saturated carbocycles. The topological polar surface area (TPSA) is 87.5 Å². The Morgan fingerprint density at radius 1 is 1.14 bits per heavy atom. The summed E-state index contributed by atoms with van der Waals surface area (Å²) in [7, 11) is 4.61. The van der Waals surface area contributed by atoms with Gasteiger partial charge in [-0.05, 0) is 18.6 Å². The zero-order chi connectivity index (χ0) is 20.8. The molecular formula is C21H26N4O4. The summed E-state index contributed by atoms with van der Waals surface area (Å²) in [6.45, 7) is 2.92. The maximum absolute atomic E-state index is 12.5. The predicted molar refractivity (Wildman–Crippen MR) is 111 cm³/mol. The zero-order valence-electron chi connectivity index (χ0n) is 17.2. The normalized spacial score (nSPS) is 10.8. The van der Waals surface area contributed by atoms with Crippen LogP contribution in [0, 0.1) is 0 Å². The predicted octanol–water partition coefficient (Wildman–Crippen LogP) is 3.44. The molecule has 3 rings (SSSR count). The molecule has 2 heterocycles. The number of fused-ring (bicyclic) bond motifs is 1. The summed E-state index contributed by atoms with van der Waals surface area (Å²) < 4.78 is 18.1. The van der Waals surface area contributed by atoms with Gasteiger partial charge in [0.1, 0.15) is 11.3 Å². The first-order valence-electron chi connectivity index (χ1n) is 9.51. The lowest BCUT2D eigenvalue weighted by Gasteiger charge is -2.14. The molecule has 0 saturated heterocycles. The number of carbonyl (C=O) groups is 1. The second kappa shape index (κ2) is 9.27. The molecule has 0 aliphatic carbocycles. The maximum atomic E-state index is 12.5. The van der Waals surface area contributed by atoms with Gasteiger partial charge in [0.15, 0.2) is 17.1 Å². The minimum Gasteiger partial charge on any atom is -0.493 e. The SMILES string of the molecule is CCCn1c(CCC(=O)Nc2cc(OC)c(OC)c(OC)c2)nc2cccnc21. The van der Waals surface area contributed by atoms with Crippen molar-refractivity contribution in [2.75, 3.05) is 26.6 Å². The summed E-state index contributed by atoms with van der Waals surface area (Å²) >= 11 is 0. The van der Waals surface area contributed by atoms with Gasteiger partial charge in [-0.15, -0.1) is 0 Å². The van der Waals surface area contributed by atoms with E-state index in [4.69, 9.17) is 14.2 Å². The molecule has 0 aliphatic rings. The van der Waals surface area contributed by atoms with Gasteiger partial charge < -0.3 is 24.1 Å². The number of aryl methyl sites for hydroxylation is 2. The molecule has 0 bridgehead atoms. The van der Waals surface area contributed by atoms with Gasteiger partial charge in [0.05, 0.1) is 21.3 Å². The Balaban J connectivity index is 1.74. The number of imidazole rings is 1. The fourth-order valence-electron chi connectivity index (χ4n) is 3.26. The number of pyridine rings is 1. The molecule has 3 aromatic rings. The average Bonchev–Trinajstić information content (AvgIpc) is 3.09. The van der Waals surface area contributed by atoms with Crippen LogP contribution in [-0.2, 0) is 17.8 Å². The van der Waals surface area contributed by atoms with Gasteiger partial charge in [-0.1, -0.05) is 6.92 Å². The lowest BCUT2D eigenvalue weighted by atomic mass is 10.2. The summed E-state index contributed by atoms with van der Waals surface area (Å²) in [4.78, 5) is 21.6. The van der Waals surface area contributed by atoms with E-state index >= 15 is 0 Å². The van der Waals surface area contributed by atoms with Crippen molar-refractivity contribution in [3.05, 3.63) is 36.3 Å². The molecule has 1 N–H and O–H groups in total. The van der Waals surface area contributed by atoms with Crippen LogP contribution >= 0.6 is 0 Å². The van der Waals surface area contributed by atoms with E-state index in [1.807, 2.05) is 12.1 Å². The number of amides is 1. The molecule has 8 heteroatoms. The van der Waals surface area contributed by atoms with Crippen LogP contribution in [0.2, 0.25) is 0 Å². The second-order valence-electron chi connectivity index (χ2n) is 6.49. The third-order valence-electron chi connectivity index (χ3n) is 4.55. The first-order chi connectivity index (χ1) is 14.1. The van der Waals surface area contributed by atoms with E-state index < -0.39 is 0 Å². The van der Waals surface area contributed by atoms with Crippen LogP contribution in [0.15, 0.2) is 30.5 Å². The number of ether oxygens (including phenoxy) is 3. The molecule has 154 valence electrons. The number of methoxy groups -OCH3 is 3. The highest BCUT2D eigenvalue weighted by atomic mass is 16.5. The molecule has 0 aliphatic heterocycles. The molecule has 0 fully saturated rings. The number of benzene rings is 1. The number of hydrogen-bond acceptors (Lipinski definition) is 6. The molecule has 8 nitrogen and oxygen atoms in total. The van der Waals surface area contributed by atoms with Crippen LogP contribution in [0.4, 0.5) is 5.69 Å². The van der Waals surface area contributed by atoms with Crippen LogP contribution < -0.4 is 19.5 Å². The highest BCUT2D eigenvalue weighted by Crippen LogP contribution is 2.39. The van der Waals surface area contributed by atoms with Gasteiger partial charge in [0.25, 0.3) is 0 Å². The zero-order valence-corrected chi connectivity index (χ0v) is 17.2. The van der Waals surface area contributed by atoms with E-state index in [0.29, 0.717) is 35.8 Å².